The van der Waals surface area contributed by atoms with Gasteiger partial charge in [0.25, 0.3) is 0 Å². The van der Waals surface area contributed by atoms with Crippen LogP contribution in [0.25, 0.3) is 0 Å². The number of halogens is 4. The number of methoxy groups -OCH3 is 1. The predicted octanol–water partition coefficient (Wildman–Crippen LogP) is 2.21. The zero-order valence-corrected chi connectivity index (χ0v) is 9.66. The van der Waals surface area contributed by atoms with Gasteiger partial charge in [-0.15, -0.1) is 0 Å². The van der Waals surface area contributed by atoms with E-state index in [9.17, 15) is 22.7 Å². The Morgan fingerprint density at radius 3 is 2.58 bits per heavy atom. The Morgan fingerprint density at radius 1 is 1.42 bits per heavy atom. The molecule has 104 valence electrons. The van der Waals surface area contributed by atoms with Crippen molar-refractivity contribution in [3.63, 3.8) is 0 Å². The van der Waals surface area contributed by atoms with E-state index < -0.39 is 24.2 Å². The number of aliphatic hydroxyl groups is 1. The lowest BCUT2D eigenvalue weighted by Crippen LogP contribution is -2.45. The number of oxime groups is 1. The first-order valence-electron chi connectivity index (χ1n) is 5.15. The first-order valence-corrected chi connectivity index (χ1v) is 5.15. The summed E-state index contributed by atoms with van der Waals surface area (Å²) in [6, 6.07) is 3.58. The van der Waals surface area contributed by atoms with Crippen molar-refractivity contribution >= 4 is 5.71 Å². The van der Waals surface area contributed by atoms with Crippen molar-refractivity contribution in [2.45, 2.75) is 18.4 Å². The molecule has 1 aromatic rings. The van der Waals surface area contributed by atoms with Crippen LogP contribution in [0.15, 0.2) is 23.4 Å². The second kappa shape index (κ2) is 4.37. The standard InChI is InChI=1S/C11H9F4NO3/c1-18-6-2-3-7(8(12)4-6)9-5-10(17,19-16-9)11(13,14)15/h2-4,17H,5H2,1H3. The highest BCUT2D eigenvalue weighted by Gasteiger charge is 2.60. The van der Waals surface area contributed by atoms with Gasteiger partial charge in [-0.05, 0) is 12.1 Å². The molecule has 0 aliphatic carbocycles. The van der Waals surface area contributed by atoms with E-state index in [0.29, 0.717) is 0 Å². The molecule has 1 unspecified atom stereocenters. The van der Waals surface area contributed by atoms with Gasteiger partial charge < -0.3 is 14.7 Å². The van der Waals surface area contributed by atoms with Crippen molar-refractivity contribution < 1.29 is 32.2 Å². The summed E-state index contributed by atoms with van der Waals surface area (Å²) < 4.78 is 55.9. The van der Waals surface area contributed by atoms with Gasteiger partial charge in [-0.3, -0.25) is 0 Å². The summed E-state index contributed by atoms with van der Waals surface area (Å²) in [6.45, 7) is 0. The van der Waals surface area contributed by atoms with Gasteiger partial charge in [0.15, 0.2) is 0 Å². The third-order valence-corrected chi connectivity index (χ3v) is 2.64. The second-order valence-corrected chi connectivity index (χ2v) is 3.93. The normalized spacial score (nSPS) is 22.9. The molecule has 0 saturated carbocycles. The summed E-state index contributed by atoms with van der Waals surface area (Å²) >= 11 is 0. The lowest BCUT2D eigenvalue weighted by molar-refractivity contribution is -0.355. The minimum Gasteiger partial charge on any atom is -0.497 e. The van der Waals surface area contributed by atoms with Gasteiger partial charge >= 0.3 is 12.0 Å². The van der Waals surface area contributed by atoms with E-state index in [1.54, 1.807) is 0 Å². The topological polar surface area (TPSA) is 51.0 Å². The molecule has 19 heavy (non-hydrogen) atoms. The van der Waals surface area contributed by atoms with Crippen LogP contribution in [0.4, 0.5) is 17.6 Å². The Bertz CT molecular complexity index is 529. The van der Waals surface area contributed by atoms with E-state index in [1.807, 2.05) is 0 Å². The highest BCUT2D eigenvalue weighted by Crippen LogP contribution is 2.39. The third kappa shape index (κ3) is 2.35. The lowest BCUT2D eigenvalue weighted by atomic mass is 10.0. The number of ether oxygens (including phenoxy) is 1. The van der Waals surface area contributed by atoms with E-state index in [0.717, 1.165) is 6.07 Å². The SMILES string of the molecule is COc1ccc(C2=NOC(O)(C(F)(F)F)C2)c(F)c1. The van der Waals surface area contributed by atoms with Gasteiger partial charge in [-0.2, -0.15) is 13.2 Å². The third-order valence-electron chi connectivity index (χ3n) is 2.64. The molecule has 1 aliphatic heterocycles. The van der Waals surface area contributed by atoms with E-state index >= 15 is 0 Å². The van der Waals surface area contributed by atoms with E-state index in [1.165, 1.54) is 19.2 Å². The predicted molar refractivity (Wildman–Crippen MR) is 56.2 cm³/mol. The molecule has 1 aliphatic rings. The van der Waals surface area contributed by atoms with Crippen LogP contribution in [0, 0.1) is 5.82 Å². The Hall–Kier alpha value is -1.83. The number of hydrogen-bond acceptors (Lipinski definition) is 4. The van der Waals surface area contributed by atoms with Crippen LogP contribution in [-0.4, -0.2) is 29.9 Å². The Labute approximate surface area is 105 Å². The number of benzene rings is 1. The number of hydrogen-bond donors (Lipinski definition) is 1. The van der Waals surface area contributed by atoms with Gasteiger partial charge in [-0.1, -0.05) is 5.16 Å². The first kappa shape index (κ1) is 13.6. The van der Waals surface area contributed by atoms with E-state index in [2.05, 4.69) is 9.99 Å². The number of rotatable bonds is 2. The maximum atomic E-state index is 13.7. The molecule has 1 heterocycles. The van der Waals surface area contributed by atoms with Crippen LogP contribution < -0.4 is 4.74 Å². The van der Waals surface area contributed by atoms with Crippen LogP contribution in [0.3, 0.4) is 0 Å². The summed E-state index contributed by atoms with van der Waals surface area (Å²) in [5.41, 5.74) is -0.499. The maximum Gasteiger partial charge on any atom is 0.458 e. The fraction of sp³-hybridized carbons (Fsp3) is 0.364. The largest absolute Gasteiger partial charge is 0.497 e. The summed E-state index contributed by atoms with van der Waals surface area (Å²) in [5, 5.41) is 12.3. The molecular weight excluding hydrogens is 270 g/mol. The van der Waals surface area contributed by atoms with Crippen molar-refractivity contribution in [3.8, 4) is 5.75 Å². The smallest absolute Gasteiger partial charge is 0.458 e. The van der Waals surface area contributed by atoms with Crippen molar-refractivity contribution in [1.82, 2.24) is 0 Å². The van der Waals surface area contributed by atoms with Crippen molar-refractivity contribution in [3.05, 3.63) is 29.6 Å². The Kier molecular flexibility index (Phi) is 3.13. The molecule has 0 bridgehead atoms. The lowest BCUT2D eigenvalue weighted by Gasteiger charge is -2.22. The zero-order valence-electron chi connectivity index (χ0n) is 9.66. The molecule has 0 radical (unpaired) electrons. The molecule has 0 fully saturated rings. The van der Waals surface area contributed by atoms with E-state index in [-0.39, 0.29) is 17.0 Å². The highest BCUT2D eigenvalue weighted by molar-refractivity contribution is 6.01. The molecular formula is C11H9F4NO3. The molecule has 1 atom stereocenters. The van der Waals surface area contributed by atoms with Gasteiger partial charge in [0.05, 0.1) is 19.2 Å². The molecule has 0 aromatic heterocycles. The Balaban J connectivity index is 2.27. The first-order chi connectivity index (χ1) is 8.77. The molecule has 8 heteroatoms. The molecule has 2 rings (SSSR count). The van der Waals surface area contributed by atoms with Crippen LogP contribution in [0.2, 0.25) is 0 Å². The molecule has 0 spiro atoms. The highest BCUT2D eigenvalue weighted by atomic mass is 19.4. The van der Waals surface area contributed by atoms with Crippen LogP contribution in [0.5, 0.6) is 5.75 Å². The fourth-order valence-corrected chi connectivity index (χ4v) is 1.58. The Morgan fingerprint density at radius 2 is 2.11 bits per heavy atom. The number of alkyl halides is 3. The van der Waals surface area contributed by atoms with Crippen molar-refractivity contribution in [1.29, 1.82) is 0 Å². The van der Waals surface area contributed by atoms with Gasteiger partial charge in [0.2, 0.25) is 0 Å². The quantitative estimate of drug-likeness (QED) is 0.844. The van der Waals surface area contributed by atoms with Crippen LogP contribution >= 0.6 is 0 Å². The molecule has 0 saturated heterocycles. The van der Waals surface area contributed by atoms with Gasteiger partial charge in [0, 0.05) is 11.6 Å². The van der Waals surface area contributed by atoms with Crippen LogP contribution in [-0.2, 0) is 4.84 Å². The molecule has 1 aromatic carbocycles. The minimum atomic E-state index is -5.01. The minimum absolute atomic E-state index is 0.180. The summed E-state index contributed by atoms with van der Waals surface area (Å²) in [7, 11) is 1.33. The fourth-order valence-electron chi connectivity index (χ4n) is 1.58. The summed E-state index contributed by atoms with van der Waals surface area (Å²) in [5.74, 6) is -4.01. The second-order valence-electron chi connectivity index (χ2n) is 3.93. The molecule has 0 amide bonds. The average Bonchev–Trinajstić information content (AvgIpc) is 2.72. The molecule has 1 N–H and O–H groups in total. The van der Waals surface area contributed by atoms with Crippen LogP contribution in [0.1, 0.15) is 12.0 Å². The molecule has 4 nitrogen and oxygen atoms in total. The zero-order chi connectivity index (χ0) is 14.3. The van der Waals surface area contributed by atoms with Gasteiger partial charge in [0.1, 0.15) is 11.6 Å². The van der Waals surface area contributed by atoms with Crippen molar-refractivity contribution in [2.24, 2.45) is 5.16 Å². The van der Waals surface area contributed by atoms with Crippen molar-refractivity contribution in [2.75, 3.05) is 7.11 Å². The monoisotopic (exact) mass is 279 g/mol. The average molecular weight is 279 g/mol. The summed E-state index contributed by atoms with van der Waals surface area (Å²) in [4.78, 5) is 4.00. The van der Waals surface area contributed by atoms with Gasteiger partial charge in [-0.25, -0.2) is 4.39 Å². The van der Waals surface area contributed by atoms with E-state index in [4.69, 9.17) is 4.74 Å². The maximum absolute atomic E-state index is 13.7. The summed E-state index contributed by atoms with van der Waals surface area (Å²) in [6.07, 6.45) is -5.99. The number of nitrogens with zero attached hydrogens (tertiary/aromatic N) is 1.